The number of anilines is 1. The summed E-state index contributed by atoms with van der Waals surface area (Å²) in [6.07, 6.45) is 3.13. The van der Waals surface area contributed by atoms with Gasteiger partial charge in [0.15, 0.2) is 0 Å². The standard InChI is InChI=1S/C18H26FN3O/c1-12-10-21(5-6-22(12)18(23)7-14-3-4-14)11-15-8-16(19)9-17(20)13(15)2/h8-9,12,14H,3-7,10-11,20H2,1-2H3/t12-/m0/s1. The van der Waals surface area contributed by atoms with Crippen molar-refractivity contribution in [3.8, 4) is 0 Å². The molecule has 0 unspecified atom stereocenters. The van der Waals surface area contributed by atoms with Gasteiger partial charge in [-0.3, -0.25) is 9.69 Å². The average Bonchev–Trinajstić information content (AvgIpc) is 3.28. The summed E-state index contributed by atoms with van der Waals surface area (Å²) in [5.41, 5.74) is 8.25. The van der Waals surface area contributed by atoms with Gasteiger partial charge in [-0.05, 0) is 55.9 Å². The molecule has 1 aromatic rings. The Bertz CT molecular complexity index is 600. The van der Waals surface area contributed by atoms with Crippen molar-refractivity contribution in [1.29, 1.82) is 0 Å². The summed E-state index contributed by atoms with van der Waals surface area (Å²) in [5, 5.41) is 0. The van der Waals surface area contributed by atoms with E-state index < -0.39 is 0 Å². The van der Waals surface area contributed by atoms with E-state index in [1.807, 2.05) is 11.8 Å². The van der Waals surface area contributed by atoms with E-state index in [4.69, 9.17) is 5.73 Å². The number of nitrogens with zero attached hydrogens (tertiary/aromatic N) is 2. The van der Waals surface area contributed by atoms with Crippen molar-refractivity contribution in [3.63, 3.8) is 0 Å². The first-order valence-electron chi connectivity index (χ1n) is 8.50. The van der Waals surface area contributed by atoms with Crippen LogP contribution in [-0.2, 0) is 11.3 Å². The monoisotopic (exact) mass is 319 g/mol. The molecule has 1 amide bonds. The average molecular weight is 319 g/mol. The van der Waals surface area contributed by atoms with Gasteiger partial charge < -0.3 is 10.6 Å². The fraction of sp³-hybridized carbons (Fsp3) is 0.611. The summed E-state index contributed by atoms with van der Waals surface area (Å²) < 4.78 is 13.6. The van der Waals surface area contributed by atoms with E-state index in [-0.39, 0.29) is 11.9 Å². The molecule has 2 N–H and O–H groups in total. The minimum absolute atomic E-state index is 0.209. The van der Waals surface area contributed by atoms with Gasteiger partial charge in [0.25, 0.3) is 0 Å². The van der Waals surface area contributed by atoms with Crippen molar-refractivity contribution in [2.45, 2.75) is 45.7 Å². The minimum atomic E-state index is -0.283. The number of nitrogen functional groups attached to an aromatic ring is 1. The number of halogens is 1. The van der Waals surface area contributed by atoms with E-state index in [9.17, 15) is 9.18 Å². The Morgan fingerprint density at radius 3 is 2.74 bits per heavy atom. The summed E-state index contributed by atoms with van der Waals surface area (Å²) in [6, 6.07) is 3.15. The molecule has 23 heavy (non-hydrogen) atoms. The summed E-state index contributed by atoms with van der Waals surface area (Å²) in [4.78, 5) is 16.6. The van der Waals surface area contributed by atoms with Gasteiger partial charge in [0.1, 0.15) is 5.82 Å². The minimum Gasteiger partial charge on any atom is -0.398 e. The van der Waals surface area contributed by atoms with Gasteiger partial charge >= 0.3 is 0 Å². The molecule has 0 radical (unpaired) electrons. The van der Waals surface area contributed by atoms with Crippen molar-refractivity contribution < 1.29 is 9.18 Å². The molecule has 1 saturated heterocycles. The van der Waals surface area contributed by atoms with Crippen LogP contribution in [0.2, 0.25) is 0 Å². The molecule has 3 rings (SSSR count). The Morgan fingerprint density at radius 2 is 2.09 bits per heavy atom. The van der Waals surface area contributed by atoms with Crippen molar-refractivity contribution >= 4 is 11.6 Å². The van der Waals surface area contributed by atoms with Crippen molar-refractivity contribution in [1.82, 2.24) is 9.80 Å². The lowest BCUT2D eigenvalue weighted by molar-refractivity contribution is -0.136. The maximum absolute atomic E-state index is 13.6. The molecular weight excluding hydrogens is 293 g/mol. The molecule has 0 aromatic heterocycles. The number of piperazine rings is 1. The molecule has 5 heteroatoms. The van der Waals surface area contributed by atoms with Gasteiger partial charge in [-0.1, -0.05) is 0 Å². The number of nitrogens with two attached hydrogens (primary N) is 1. The first-order chi connectivity index (χ1) is 10.9. The molecule has 0 spiro atoms. The van der Waals surface area contributed by atoms with E-state index in [0.717, 1.165) is 30.8 Å². The Hall–Kier alpha value is -1.62. The van der Waals surface area contributed by atoms with Gasteiger partial charge in [-0.25, -0.2) is 4.39 Å². The van der Waals surface area contributed by atoms with Crippen molar-refractivity contribution in [2.24, 2.45) is 5.92 Å². The van der Waals surface area contributed by atoms with Gasteiger partial charge in [0.05, 0.1) is 0 Å². The fourth-order valence-electron chi connectivity index (χ4n) is 3.40. The second kappa shape index (κ2) is 6.48. The second-order valence-electron chi connectivity index (χ2n) is 7.10. The Labute approximate surface area is 137 Å². The van der Waals surface area contributed by atoms with Crippen LogP contribution in [0.25, 0.3) is 0 Å². The quantitative estimate of drug-likeness (QED) is 0.868. The van der Waals surface area contributed by atoms with Crippen LogP contribution in [0.1, 0.15) is 37.3 Å². The van der Waals surface area contributed by atoms with Gasteiger partial charge in [-0.2, -0.15) is 0 Å². The van der Waals surface area contributed by atoms with Crippen LogP contribution in [0.5, 0.6) is 0 Å². The molecule has 2 fully saturated rings. The van der Waals surface area contributed by atoms with E-state index >= 15 is 0 Å². The smallest absolute Gasteiger partial charge is 0.223 e. The lowest BCUT2D eigenvalue weighted by atomic mass is 10.0. The largest absolute Gasteiger partial charge is 0.398 e. The lowest BCUT2D eigenvalue weighted by Gasteiger charge is -2.40. The Kier molecular flexibility index (Phi) is 4.57. The molecule has 1 heterocycles. The number of carbonyl (C=O) groups excluding carboxylic acids is 1. The van der Waals surface area contributed by atoms with Crippen LogP contribution in [0.3, 0.4) is 0 Å². The van der Waals surface area contributed by atoms with E-state index in [2.05, 4.69) is 11.8 Å². The highest BCUT2D eigenvalue weighted by Gasteiger charge is 2.31. The maximum atomic E-state index is 13.6. The van der Waals surface area contributed by atoms with Crippen LogP contribution < -0.4 is 5.73 Å². The zero-order valence-electron chi connectivity index (χ0n) is 14.0. The Morgan fingerprint density at radius 1 is 1.35 bits per heavy atom. The van der Waals surface area contributed by atoms with Crippen LogP contribution in [0, 0.1) is 18.7 Å². The van der Waals surface area contributed by atoms with Gasteiger partial charge in [0, 0.05) is 44.3 Å². The summed E-state index contributed by atoms with van der Waals surface area (Å²) >= 11 is 0. The third-order valence-corrected chi connectivity index (χ3v) is 5.11. The Balaban J connectivity index is 1.60. The molecule has 4 nitrogen and oxygen atoms in total. The number of hydrogen-bond acceptors (Lipinski definition) is 3. The third kappa shape index (κ3) is 3.83. The molecule has 1 atom stereocenters. The first kappa shape index (κ1) is 16.2. The van der Waals surface area contributed by atoms with Crippen LogP contribution in [0.4, 0.5) is 10.1 Å². The van der Waals surface area contributed by atoms with Crippen molar-refractivity contribution in [2.75, 3.05) is 25.4 Å². The van der Waals surface area contributed by atoms with E-state index in [1.54, 1.807) is 6.07 Å². The molecule has 1 aliphatic heterocycles. The zero-order valence-corrected chi connectivity index (χ0v) is 14.0. The fourth-order valence-corrected chi connectivity index (χ4v) is 3.40. The zero-order chi connectivity index (χ0) is 16.6. The highest BCUT2D eigenvalue weighted by Crippen LogP contribution is 2.33. The van der Waals surface area contributed by atoms with Gasteiger partial charge in [0.2, 0.25) is 5.91 Å². The summed E-state index contributed by atoms with van der Waals surface area (Å²) in [6.45, 7) is 7.13. The van der Waals surface area contributed by atoms with E-state index in [1.165, 1.54) is 18.9 Å². The number of hydrogen-bond donors (Lipinski definition) is 1. The number of benzene rings is 1. The normalized spacial score (nSPS) is 22.4. The molecule has 1 aromatic carbocycles. The van der Waals surface area contributed by atoms with Crippen LogP contribution in [-0.4, -0.2) is 41.4 Å². The predicted octanol–water partition coefficient (Wildman–Crippen LogP) is 2.55. The SMILES string of the molecule is Cc1c(N)cc(F)cc1CN1CCN(C(=O)CC2CC2)[C@@H](C)C1. The third-order valence-electron chi connectivity index (χ3n) is 5.11. The molecular formula is C18H26FN3O. The first-order valence-corrected chi connectivity index (χ1v) is 8.50. The molecule has 1 aliphatic carbocycles. The summed E-state index contributed by atoms with van der Waals surface area (Å²) in [7, 11) is 0. The molecule has 1 saturated carbocycles. The van der Waals surface area contributed by atoms with Crippen LogP contribution >= 0.6 is 0 Å². The number of rotatable bonds is 4. The highest BCUT2D eigenvalue weighted by atomic mass is 19.1. The molecule has 2 aliphatic rings. The maximum Gasteiger partial charge on any atom is 0.223 e. The highest BCUT2D eigenvalue weighted by molar-refractivity contribution is 5.77. The predicted molar refractivity (Wildman–Crippen MR) is 89.3 cm³/mol. The van der Waals surface area contributed by atoms with E-state index in [0.29, 0.717) is 30.5 Å². The topological polar surface area (TPSA) is 49.6 Å². The second-order valence-corrected chi connectivity index (χ2v) is 7.10. The molecule has 0 bridgehead atoms. The molecule has 126 valence electrons. The van der Waals surface area contributed by atoms with Crippen molar-refractivity contribution in [3.05, 3.63) is 29.1 Å². The van der Waals surface area contributed by atoms with Gasteiger partial charge in [-0.15, -0.1) is 0 Å². The number of amides is 1. The van der Waals surface area contributed by atoms with Crippen LogP contribution in [0.15, 0.2) is 12.1 Å². The lowest BCUT2D eigenvalue weighted by Crippen LogP contribution is -2.53. The summed E-state index contributed by atoms with van der Waals surface area (Å²) in [5.74, 6) is 0.644. The number of carbonyl (C=O) groups is 1.